The number of hydrogen-bond donors (Lipinski definition) is 2. The van der Waals surface area contributed by atoms with Gasteiger partial charge >= 0.3 is 0 Å². The van der Waals surface area contributed by atoms with Gasteiger partial charge in [-0.3, -0.25) is 4.79 Å². The van der Waals surface area contributed by atoms with Crippen LogP contribution in [0.3, 0.4) is 0 Å². The Bertz CT molecular complexity index is 734. The smallest absolute Gasteiger partial charge is 0.226 e. The Balaban J connectivity index is 1.50. The fourth-order valence-electron chi connectivity index (χ4n) is 4.24. The largest absolute Gasteiger partial charge is 0.502 e. The molecule has 1 aromatic carbocycles. The normalized spacial score (nSPS) is 25.8. The van der Waals surface area contributed by atoms with E-state index in [0.717, 1.165) is 19.1 Å². The van der Waals surface area contributed by atoms with Crippen LogP contribution >= 0.6 is 0 Å². The summed E-state index contributed by atoms with van der Waals surface area (Å²) in [6, 6.07) is 10.6. The molecule has 1 fully saturated rings. The van der Waals surface area contributed by atoms with Crippen molar-refractivity contribution >= 4 is 0 Å². The van der Waals surface area contributed by atoms with Gasteiger partial charge in [-0.25, -0.2) is 0 Å². The number of hydrogen-bond acceptors (Lipinski definition) is 4. The Morgan fingerprint density at radius 2 is 1.78 bits per heavy atom. The van der Waals surface area contributed by atoms with Gasteiger partial charge in [-0.05, 0) is 48.6 Å². The maximum atomic E-state index is 11.5. The molecule has 2 atom stereocenters. The molecule has 2 aliphatic carbocycles. The first-order chi connectivity index (χ1) is 11.2. The van der Waals surface area contributed by atoms with Gasteiger partial charge in [0.05, 0.1) is 6.54 Å². The van der Waals surface area contributed by atoms with Crippen molar-refractivity contribution in [3.8, 4) is 5.75 Å². The van der Waals surface area contributed by atoms with Gasteiger partial charge in [0.2, 0.25) is 5.43 Å². The van der Waals surface area contributed by atoms with Crippen molar-refractivity contribution in [2.45, 2.75) is 38.3 Å². The Hall–Kier alpha value is -2.07. The van der Waals surface area contributed by atoms with Crippen LogP contribution in [0.25, 0.3) is 0 Å². The van der Waals surface area contributed by atoms with Crippen LogP contribution in [0.1, 0.15) is 29.7 Å². The highest BCUT2D eigenvalue weighted by molar-refractivity contribution is 5.31. The quantitative estimate of drug-likeness (QED) is 0.915. The van der Waals surface area contributed by atoms with Crippen molar-refractivity contribution in [3.05, 3.63) is 63.7 Å². The van der Waals surface area contributed by atoms with Gasteiger partial charge in [-0.2, -0.15) is 0 Å². The summed E-state index contributed by atoms with van der Waals surface area (Å²) in [5.41, 5.74) is 2.59. The second-order valence-corrected chi connectivity index (χ2v) is 6.78. The number of rotatable bonds is 3. The van der Waals surface area contributed by atoms with Crippen molar-refractivity contribution < 1.29 is 9.52 Å². The monoisotopic (exact) mass is 311 g/mol. The lowest BCUT2D eigenvalue weighted by molar-refractivity contribution is 0.322. The van der Waals surface area contributed by atoms with Crippen molar-refractivity contribution in [1.82, 2.24) is 5.32 Å². The van der Waals surface area contributed by atoms with Crippen molar-refractivity contribution in [1.29, 1.82) is 0 Å². The fraction of sp³-hybridized carbons (Fsp3) is 0.421. The minimum absolute atomic E-state index is 0.335. The fourth-order valence-corrected chi connectivity index (χ4v) is 4.24. The molecular weight excluding hydrogens is 290 g/mol. The Labute approximate surface area is 135 Å². The first-order valence-electron chi connectivity index (χ1n) is 8.31. The molecule has 2 aromatic rings. The minimum atomic E-state index is -0.385. The van der Waals surface area contributed by atoms with Crippen molar-refractivity contribution in [2.75, 3.05) is 0 Å². The number of nitrogens with one attached hydrogen (secondary N) is 1. The standard InChI is InChI=1S/C19H21NO3/c21-17-9-16(23-11-18(17)22)10-20-19-14-5-6-15(19)8-13-4-2-1-3-12(13)7-14/h1-4,9,11,14-15,19-20,22H,5-8,10H2. The van der Waals surface area contributed by atoms with Gasteiger partial charge in [0.25, 0.3) is 0 Å². The zero-order chi connectivity index (χ0) is 15.8. The maximum absolute atomic E-state index is 11.5. The number of aromatic hydroxyl groups is 1. The van der Waals surface area contributed by atoms with Gasteiger partial charge in [0, 0.05) is 12.1 Å². The van der Waals surface area contributed by atoms with Gasteiger partial charge in [-0.15, -0.1) is 0 Å². The van der Waals surface area contributed by atoms with Crippen LogP contribution in [-0.2, 0) is 19.4 Å². The van der Waals surface area contributed by atoms with E-state index in [1.165, 1.54) is 30.0 Å². The van der Waals surface area contributed by atoms with Crippen LogP contribution in [0.2, 0.25) is 0 Å². The lowest BCUT2D eigenvalue weighted by Gasteiger charge is -2.23. The molecule has 2 aliphatic rings. The summed E-state index contributed by atoms with van der Waals surface area (Å²) in [6.07, 6.45) is 5.90. The maximum Gasteiger partial charge on any atom is 0.226 e. The second kappa shape index (κ2) is 5.85. The summed E-state index contributed by atoms with van der Waals surface area (Å²) in [7, 11) is 0. The number of benzene rings is 1. The van der Waals surface area contributed by atoms with Crippen LogP contribution in [0.5, 0.6) is 5.75 Å². The van der Waals surface area contributed by atoms with Gasteiger partial charge < -0.3 is 14.8 Å². The lowest BCUT2D eigenvalue weighted by Crippen LogP contribution is -2.37. The molecule has 0 radical (unpaired) electrons. The molecule has 4 rings (SSSR count). The van der Waals surface area contributed by atoms with E-state index in [0.29, 0.717) is 30.2 Å². The van der Waals surface area contributed by atoms with Crippen LogP contribution < -0.4 is 10.7 Å². The van der Waals surface area contributed by atoms with E-state index in [9.17, 15) is 9.90 Å². The molecule has 4 nitrogen and oxygen atoms in total. The summed E-state index contributed by atoms with van der Waals surface area (Å²) in [4.78, 5) is 11.5. The molecule has 1 saturated carbocycles. The van der Waals surface area contributed by atoms with Gasteiger partial charge in [-0.1, -0.05) is 24.3 Å². The second-order valence-electron chi connectivity index (χ2n) is 6.78. The molecule has 0 saturated heterocycles. The Morgan fingerprint density at radius 3 is 2.39 bits per heavy atom. The van der Waals surface area contributed by atoms with Crippen molar-refractivity contribution in [3.63, 3.8) is 0 Å². The Morgan fingerprint density at radius 1 is 1.13 bits per heavy atom. The van der Waals surface area contributed by atoms with E-state index in [-0.39, 0.29) is 11.2 Å². The molecule has 23 heavy (non-hydrogen) atoms. The molecule has 0 amide bonds. The predicted molar refractivity (Wildman–Crippen MR) is 87.3 cm³/mol. The molecule has 2 unspecified atom stereocenters. The molecule has 0 aliphatic heterocycles. The average Bonchev–Trinajstić information content (AvgIpc) is 2.83. The predicted octanol–water partition coefficient (Wildman–Crippen LogP) is 2.63. The van der Waals surface area contributed by atoms with Crippen LogP contribution in [0, 0.1) is 11.8 Å². The van der Waals surface area contributed by atoms with E-state index in [1.807, 2.05) is 0 Å². The first-order valence-corrected chi connectivity index (χ1v) is 8.31. The molecule has 0 spiro atoms. The highest BCUT2D eigenvalue weighted by atomic mass is 16.4. The van der Waals surface area contributed by atoms with Gasteiger partial charge in [0.1, 0.15) is 12.0 Å². The summed E-state index contributed by atoms with van der Waals surface area (Å²) in [5, 5.41) is 12.9. The van der Waals surface area contributed by atoms with Crippen LogP contribution in [0.4, 0.5) is 0 Å². The topological polar surface area (TPSA) is 62.5 Å². The van der Waals surface area contributed by atoms with E-state index in [4.69, 9.17) is 4.42 Å². The summed E-state index contributed by atoms with van der Waals surface area (Å²) < 4.78 is 5.30. The lowest BCUT2D eigenvalue weighted by atomic mass is 9.94. The summed E-state index contributed by atoms with van der Waals surface area (Å²) in [5.74, 6) is 1.53. The highest BCUT2D eigenvalue weighted by Gasteiger charge is 2.38. The molecule has 4 heteroatoms. The van der Waals surface area contributed by atoms with E-state index in [1.54, 1.807) is 0 Å². The first kappa shape index (κ1) is 14.5. The third-order valence-electron chi connectivity index (χ3n) is 5.39. The van der Waals surface area contributed by atoms with Crippen molar-refractivity contribution in [2.24, 2.45) is 11.8 Å². The van der Waals surface area contributed by atoms with E-state index >= 15 is 0 Å². The summed E-state index contributed by atoms with van der Waals surface area (Å²) >= 11 is 0. The summed E-state index contributed by atoms with van der Waals surface area (Å²) in [6.45, 7) is 0.531. The zero-order valence-corrected chi connectivity index (χ0v) is 13.0. The SMILES string of the molecule is O=c1cc(CNC2C3CCC2Cc2ccccc2C3)occ1O. The minimum Gasteiger partial charge on any atom is -0.502 e. The van der Waals surface area contributed by atoms with Crippen LogP contribution in [-0.4, -0.2) is 11.1 Å². The molecule has 120 valence electrons. The average molecular weight is 311 g/mol. The molecule has 1 heterocycles. The number of fused-ring (bicyclic) bond motifs is 3. The molecule has 2 N–H and O–H groups in total. The van der Waals surface area contributed by atoms with E-state index < -0.39 is 0 Å². The van der Waals surface area contributed by atoms with Crippen LogP contribution in [0.15, 0.2) is 45.8 Å². The zero-order valence-electron chi connectivity index (χ0n) is 13.0. The van der Waals surface area contributed by atoms with Gasteiger partial charge in [0.15, 0.2) is 5.75 Å². The third-order valence-corrected chi connectivity index (χ3v) is 5.39. The molecule has 2 bridgehead atoms. The van der Waals surface area contributed by atoms with E-state index in [2.05, 4.69) is 29.6 Å². The Kier molecular flexibility index (Phi) is 3.69. The molecule has 1 aromatic heterocycles. The third kappa shape index (κ3) is 2.79. The molecular formula is C19H21NO3. The highest BCUT2D eigenvalue weighted by Crippen LogP contribution is 2.40.